The first-order chi connectivity index (χ1) is 7.72. The zero-order valence-corrected chi connectivity index (χ0v) is 11.1. The zero-order chi connectivity index (χ0) is 11.8. The van der Waals surface area contributed by atoms with E-state index in [1.165, 1.54) is 5.56 Å². The van der Waals surface area contributed by atoms with E-state index in [1.54, 1.807) is 0 Å². The largest absolute Gasteiger partial charge is 0.491 e. The van der Waals surface area contributed by atoms with Crippen LogP contribution in [0.3, 0.4) is 0 Å². The third-order valence-corrected chi connectivity index (χ3v) is 2.72. The molecule has 0 unspecified atom stereocenters. The topological polar surface area (TPSA) is 21.3 Å². The molecule has 90 valence electrons. The first kappa shape index (κ1) is 13.4. The Kier molecular flexibility index (Phi) is 6.34. The Morgan fingerprint density at radius 3 is 2.50 bits per heavy atom. The van der Waals surface area contributed by atoms with E-state index in [4.69, 9.17) is 4.74 Å². The lowest BCUT2D eigenvalue weighted by Crippen LogP contribution is -2.16. The quantitative estimate of drug-likeness (QED) is 0.739. The van der Waals surface area contributed by atoms with Crippen LogP contribution in [-0.2, 0) is 6.54 Å². The lowest BCUT2D eigenvalue weighted by atomic mass is 10.2. The summed E-state index contributed by atoms with van der Waals surface area (Å²) >= 11 is 1.86. The number of hydrogen-bond acceptors (Lipinski definition) is 3. The molecule has 0 radical (unpaired) electrons. The minimum Gasteiger partial charge on any atom is -0.491 e. The first-order valence-corrected chi connectivity index (χ1v) is 7.07. The second-order valence-corrected chi connectivity index (χ2v) is 4.97. The van der Waals surface area contributed by atoms with Gasteiger partial charge >= 0.3 is 0 Å². The van der Waals surface area contributed by atoms with Crippen LogP contribution in [0.2, 0.25) is 0 Å². The lowest BCUT2D eigenvalue weighted by Gasteiger charge is -2.10. The molecule has 0 aromatic heterocycles. The summed E-state index contributed by atoms with van der Waals surface area (Å²) in [5.74, 6) is 2.11. The Bertz CT molecular complexity index is 284. The molecule has 0 aliphatic heterocycles. The van der Waals surface area contributed by atoms with Crippen LogP contribution in [0.1, 0.15) is 19.4 Å². The highest BCUT2D eigenvalue weighted by molar-refractivity contribution is 7.98. The van der Waals surface area contributed by atoms with Crippen LogP contribution < -0.4 is 10.1 Å². The number of nitrogens with one attached hydrogen (secondary N) is 1. The average molecular weight is 239 g/mol. The summed E-state index contributed by atoms with van der Waals surface area (Å²) in [6.07, 6.45) is 2.37. The van der Waals surface area contributed by atoms with Crippen molar-refractivity contribution < 1.29 is 4.74 Å². The smallest absolute Gasteiger partial charge is 0.119 e. The second kappa shape index (κ2) is 7.58. The maximum Gasteiger partial charge on any atom is 0.119 e. The molecule has 0 heterocycles. The van der Waals surface area contributed by atoms with Crippen molar-refractivity contribution in [3.63, 3.8) is 0 Å². The van der Waals surface area contributed by atoms with E-state index in [0.29, 0.717) is 0 Å². The Labute approximate surface area is 103 Å². The van der Waals surface area contributed by atoms with Gasteiger partial charge in [0.2, 0.25) is 0 Å². The summed E-state index contributed by atoms with van der Waals surface area (Å²) in [6.45, 7) is 6.07. The Morgan fingerprint density at radius 1 is 1.25 bits per heavy atom. The van der Waals surface area contributed by atoms with E-state index in [-0.39, 0.29) is 6.10 Å². The van der Waals surface area contributed by atoms with Crippen molar-refractivity contribution in [3.8, 4) is 5.75 Å². The summed E-state index contributed by atoms with van der Waals surface area (Å²) in [5, 5.41) is 3.40. The van der Waals surface area contributed by atoms with E-state index >= 15 is 0 Å². The van der Waals surface area contributed by atoms with Crippen LogP contribution in [0.25, 0.3) is 0 Å². The summed E-state index contributed by atoms with van der Waals surface area (Å²) in [5.41, 5.74) is 1.30. The Hall–Kier alpha value is -0.670. The van der Waals surface area contributed by atoms with Crippen molar-refractivity contribution >= 4 is 11.8 Å². The van der Waals surface area contributed by atoms with E-state index in [0.717, 1.165) is 24.6 Å². The van der Waals surface area contributed by atoms with Crippen molar-refractivity contribution in [1.82, 2.24) is 5.32 Å². The molecule has 1 aromatic carbocycles. The highest BCUT2D eigenvalue weighted by Crippen LogP contribution is 2.13. The van der Waals surface area contributed by atoms with Crippen LogP contribution in [0, 0.1) is 0 Å². The highest BCUT2D eigenvalue weighted by Gasteiger charge is 1.97. The van der Waals surface area contributed by atoms with Crippen LogP contribution in [0.15, 0.2) is 24.3 Å². The van der Waals surface area contributed by atoms with Crippen LogP contribution in [-0.4, -0.2) is 24.7 Å². The number of thioether (sulfide) groups is 1. The van der Waals surface area contributed by atoms with E-state index in [1.807, 2.05) is 37.7 Å². The molecule has 0 bridgehead atoms. The summed E-state index contributed by atoms with van der Waals surface area (Å²) < 4.78 is 5.59. The maximum atomic E-state index is 5.59. The third kappa shape index (κ3) is 5.42. The van der Waals surface area contributed by atoms with E-state index in [9.17, 15) is 0 Å². The molecule has 1 aromatic rings. The van der Waals surface area contributed by atoms with Crippen molar-refractivity contribution in [3.05, 3.63) is 29.8 Å². The van der Waals surface area contributed by atoms with Crippen molar-refractivity contribution in [2.45, 2.75) is 26.5 Å². The highest BCUT2D eigenvalue weighted by atomic mass is 32.2. The molecule has 0 aliphatic carbocycles. The van der Waals surface area contributed by atoms with Crippen molar-refractivity contribution in [2.75, 3.05) is 18.6 Å². The fourth-order valence-corrected chi connectivity index (χ4v) is 1.71. The molecule has 0 aliphatic rings. The van der Waals surface area contributed by atoms with E-state index < -0.39 is 0 Å². The molecule has 0 saturated carbocycles. The number of hydrogen-bond donors (Lipinski definition) is 1. The molecule has 1 N–H and O–H groups in total. The number of ether oxygens (including phenoxy) is 1. The molecule has 2 nitrogen and oxygen atoms in total. The predicted octanol–water partition coefficient (Wildman–Crippen LogP) is 2.93. The van der Waals surface area contributed by atoms with Crippen molar-refractivity contribution in [1.29, 1.82) is 0 Å². The fraction of sp³-hybridized carbons (Fsp3) is 0.538. The van der Waals surface area contributed by atoms with Crippen LogP contribution >= 0.6 is 11.8 Å². The molecule has 0 amide bonds. The van der Waals surface area contributed by atoms with Crippen LogP contribution in [0.5, 0.6) is 5.75 Å². The van der Waals surface area contributed by atoms with Gasteiger partial charge in [-0.1, -0.05) is 12.1 Å². The fourth-order valence-electron chi connectivity index (χ4n) is 1.36. The first-order valence-electron chi connectivity index (χ1n) is 5.67. The van der Waals surface area contributed by atoms with Gasteiger partial charge in [0.15, 0.2) is 0 Å². The standard InChI is InChI=1S/C13H21NOS/c1-11(2)15-13-6-4-12(5-7-13)10-14-8-9-16-3/h4-7,11,14H,8-10H2,1-3H3. The molecule has 3 heteroatoms. The van der Waals surface area contributed by atoms with E-state index in [2.05, 4.69) is 23.7 Å². The normalized spacial score (nSPS) is 10.8. The van der Waals surface area contributed by atoms with Gasteiger partial charge in [0.1, 0.15) is 5.75 Å². The summed E-state index contributed by atoms with van der Waals surface area (Å²) in [4.78, 5) is 0. The predicted molar refractivity (Wildman–Crippen MR) is 72.3 cm³/mol. The third-order valence-electron chi connectivity index (χ3n) is 2.11. The summed E-state index contributed by atoms with van der Waals surface area (Å²) in [7, 11) is 0. The van der Waals surface area contributed by atoms with Gasteiger partial charge in [-0.05, 0) is 37.8 Å². The second-order valence-electron chi connectivity index (χ2n) is 3.98. The van der Waals surface area contributed by atoms with Gasteiger partial charge in [0, 0.05) is 18.8 Å². The molecular formula is C13H21NOS. The average Bonchev–Trinajstić information content (AvgIpc) is 2.26. The maximum absolute atomic E-state index is 5.59. The molecule has 1 rings (SSSR count). The Balaban J connectivity index is 2.33. The molecule has 0 saturated heterocycles. The van der Waals surface area contributed by atoms with Gasteiger partial charge in [-0.3, -0.25) is 0 Å². The monoisotopic (exact) mass is 239 g/mol. The number of benzene rings is 1. The lowest BCUT2D eigenvalue weighted by molar-refractivity contribution is 0.242. The zero-order valence-electron chi connectivity index (χ0n) is 10.3. The molecular weight excluding hydrogens is 218 g/mol. The minimum atomic E-state index is 0.241. The van der Waals surface area contributed by atoms with Gasteiger partial charge in [-0.15, -0.1) is 0 Å². The summed E-state index contributed by atoms with van der Waals surface area (Å²) in [6, 6.07) is 8.30. The molecule has 0 spiro atoms. The van der Waals surface area contributed by atoms with Gasteiger partial charge < -0.3 is 10.1 Å². The SMILES string of the molecule is CSCCNCc1ccc(OC(C)C)cc1. The molecule has 16 heavy (non-hydrogen) atoms. The van der Waals surface area contributed by atoms with Gasteiger partial charge in [-0.2, -0.15) is 11.8 Å². The van der Waals surface area contributed by atoms with Crippen molar-refractivity contribution in [2.24, 2.45) is 0 Å². The van der Waals surface area contributed by atoms with Gasteiger partial charge in [0.05, 0.1) is 6.10 Å². The van der Waals surface area contributed by atoms with Crippen LogP contribution in [0.4, 0.5) is 0 Å². The Morgan fingerprint density at radius 2 is 1.94 bits per heavy atom. The molecule has 0 fully saturated rings. The number of rotatable bonds is 7. The van der Waals surface area contributed by atoms with Gasteiger partial charge in [0.25, 0.3) is 0 Å². The minimum absolute atomic E-state index is 0.241. The van der Waals surface area contributed by atoms with Gasteiger partial charge in [-0.25, -0.2) is 0 Å². The molecule has 0 atom stereocenters.